The molecular formula is C17H16FN3O2S. The van der Waals surface area contributed by atoms with E-state index in [2.05, 4.69) is 0 Å². The lowest BCUT2D eigenvalue weighted by molar-refractivity contribution is 0.592. The first-order valence-electron chi connectivity index (χ1n) is 7.40. The maximum Gasteiger partial charge on any atom is 0.238 e. The van der Waals surface area contributed by atoms with Crippen molar-refractivity contribution in [1.82, 2.24) is 0 Å². The summed E-state index contributed by atoms with van der Waals surface area (Å²) in [4.78, 5) is 2.10. The number of nitrogens with zero attached hydrogens (tertiary/aromatic N) is 2. The highest BCUT2D eigenvalue weighted by Crippen LogP contribution is 2.35. The van der Waals surface area contributed by atoms with E-state index in [0.717, 1.165) is 11.3 Å². The van der Waals surface area contributed by atoms with Gasteiger partial charge in [0.2, 0.25) is 10.0 Å². The lowest BCUT2D eigenvalue weighted by Crippen LogP contribution is -2.29. The van der Waals surface area contributed by atoms with Crippen molar-refractivity contribution in [3.63, 3.8) is 0 Å². The van der Waals surface area contributed by atoms with E-state index in [9.17, 15) is 12.8 Å². The molecule has 1 heterocycles. The molecule has 0 unspecified atom stereocenters. The van der Waals surface area contributed by atoms with Crippen LogP contribution in [0.1, 0.15) is 23.6 Å². The number of hydrogen-bond donors (Lipinski definition) is 1. The number of hydrogen-bond acceptors (Lipinski definition) is 4. The molecule has 1 aliphatic heterocycles. The van der Waals surface area contributed by atoms with Gasteiger partial charge in [0.05, 0.1) is 16.5 Å². The Labute approximate surface area is 140 Å². The molecule has 0 aliphatic carbocycles. The topological polar surface area (TPSA) is 87.2 Å². The first kappa shape index (κ1) is 16.4. The Morgan fingerprint density at radius 3 is 2.71 bits per heavy atom. The molecule has 0 radical (unpaired) electrons. The van der Waals surface area contributed by atoms with Crippen molar-refractivity contribution in [1.29, 1.82) is 5.26 Å². The maximum absolute atomic E-state index is 14.1. The molecule has 1 atom stereocenters. The third-order valence-electron chi connectivity index (χ3n) is 4.26. The van der Waals surface area contributed by atoms with Crippen LogP contribution in [0.5, 0.6) is 0 Å². The Morgan fingerprint density at radius 2 is 2.08 bits per heavy atom. The predicted octanol–water partition coefficient (Wildman–Crippen LogP) is 2.30. The number of anilines is 1. The summed E-state index contributed by atoms with van der Waals surface area (Å²) in [6.45, 7) is 2.35. The van der Waals surface area contributed by atoms with Gasteiger partial charge in [-0.1, -0.05) is 6.07 Å². The van der Waals surface area contributed by atoms with Gasteiger partial charge in [0.1, 0.15) is 5.82 Å². The Balaban J connectivity index is 1.93. The van der Waals surface area contributed by atoms with Crippen molar-refractivity contribution in [2.24, 2.45) is 5.14 Å². The first-order chi connectivity index (χ1) is 11.3. The zero-order valence-corrected chi connectivity index (χ0v) is 13.8. The fraction of sp³-hybridized carbons (Fsp3) is 0.235. The minimum absolute atomic E-state index is 0.0832. The van der Waals surface area contributed by atoms with E-state index in [1.54, 1.807) is 24.3 Å². The largest absolute Gasteiger partial charge is 0.364 e. The van der Waals surface area contributed by atoms with Crippen molar-refractivity contribution in [3.8, 4) is 6.07 Å². The highest BCUT2D eigenvalue weighted by Gasteiger charge is 2.27. The first-order valence-corrected chi connectivity index (χ1v) is 8.95. The molecule has 2 aromatic rings. The monoisotopic (exact) mass is 345 g/mol. The van der Waals surface area contributed by atoms with Gasteiger partial charge in [-0.25, -0.2) is 17.9 Å². The molecule has 0 amide bonds. The van der Waals surface area contributed by atoms with Gasteiger partial charge in [-0.05, 0) is 49.2 Å². The SMILES string of the molecule is C[C@@H]1Cc2cc(S(N)(=O)=O)ccc2N1Cc1ccc(C#N)cc1F. The summed E-state index contributed by atoms with van der Waals surface area (Å²) in [5.74, 6) is -0.421. The second kappa shape index (κ2) is 5.89. The summed E-state index contributed by atoms with van der Waals surface area (Å²) in [5, 5.41) is 14.0. The molecule has 5 nitrogen and oxygen atoms in total. The zero-order valence-electron chi connectivity index (χ0n) is 13.0. The lowest BCUT2D eigenvalue weighted by atomic mass is 10.1. The van der Waals surface area contributed by atoms with Crippen LogP contribution in [0.2, 0.25) is 0 Å². The number of primary sulfonamides is 1. The number of halogens is 1. The summed E-state index contributed by atoms with van der Waals surface area (Å²) in [6, 6.07) is 11.2. The van der Waals surface area contributed by atoms with E-state index in [1.807, 2.05) is 17.9 Å². The van der Waals surface area contributed by atoms with Crippen molar-refractivity contribution in [2.75, 3.05) is 4.90 Å². The Bertz CT molecular complexity index is 951. The highest BCUT2D eigenvalue weighted by molar-refractivity contribution is 7.89. The van der Waals surface area contributed by atoms with Crippen LogP contribution in [0.4, 0.5) is 10.1 Å². The van der Waals surface area contributed by atoms with E-state index in [-0.39, 0.29) is 16.5 Å². The standard InChI is InChI=1S/C17H16FN3O2S/c1-11-6-14-8-15(24(20,22)23)4-5-17(14)21(11)10-13-3-2-12(9-19)7-16(13)18/h2-5,7-8,11H,6,10H2,1H3,(H2,20,22,23)/t11-/m1/s1. The highest BCUT2D eigenvalue weighted by atomic mass is 32.2. The number of benzene rings is 2. The van der Waals surface area contributed by atoms with Gasteiger partial charge in [-0.3, -0.25) is 0 Å². The van der Waals surface area contributed by atoms with Crippen LogP contribution >= 0.6 is 0 Å². The van der Waals surface area contributed by atoms with Crippen molar-refractivity contribution in [2.45, 2.75) is 30.8 Å². The molecule has 2 aromatic carbocycles. The van der Waals surface area contributed by atoms with E-state index < -0.39 is 15.8 Å². The minimum Gasteiger partial charge on any atom is -0.364 e. The van der Waals surface area contributed by atoms with Crippen molar-refractivity contribution >= 4 is 15.7 Å². The van der Waals surface area contributed by atoms with Crippen molar-refractivity contribution < 1.29 is 12.8 Å². The molecule has 3 rings (SSSR count). The molecule has 0 spiro atoms. The summed E-state index contributed by atoms with van der Waals surface area (Å²) >= 11 is 0. The third-order valence-corrected chi connectivity index (χ3v) is 5.17. The molecule has 0 saturated heterocycles. The lowest BCUT2D eigenvalue weighted by Gasteiger charge is -2.25. The van der Waals surface area contributed by atoms with Gasteiger partial charge in [-0.2, -0.15) is 5.26 Å². The number of nitrogens with two attached hydrogens (primary N) is 1. The number of rotatable bonds is 3. The normalized spacial score (nSPS) is 16.8. The number of fused-ring (bicyclic) bond motifs is 1. The summed E-state index contributed by atoms with van der Waals surface area (Å²) < 4.78 is 37.1. The fourth-order valence-electron chi connectivity index (χ4n) is 3.02. The second-order valence-corrected chi connectivity index (χ2v) is 7.50. The maximum atomic E-state index is 14.1. The van der Waals surface area contributed by atoms with E-state index in [1.165, 1.54) is 12.1 Å². The molecule has 0 saturated carbocycles. The van der Waals surface area contributed by atoms with E-state index in [0.29, 0.717) is 18.5 Å². The van der Waals surface area contributed by atoms with Crippen LogP contribution in [0.15, 0.2) is 41.3 Å². The molecule has 124 valence electrons. The van der Waals surface area contributed by atoms with Crippen LogP contribution in [0.3, 0.4) is 0 Å². The van der Waals surface area contributed by atoms with E-state index >= 15 is 0 Å². The molecule has 0 aromatic heterocycles. The molecule has 24 heavy (non-hydrogen) atoms. The summed E-state index contributed by atoms with van der Waals surface area (Å²) in [5.41, 5.74) is 2.52. The minimum atomic E-state index is -3.74. The van der Waals surface area contributed by atoms with Gasteiger partial charge >= 0.3 is 0 Å². The molecule has 0 bridgehead atoms. The molecule has 1 aliphatic rings. The third kappa shape index (κ3) is 2.98. The quantitative estimate of drug-likeness (QED) is 0.924. The summed E-state index contributed by atoms with van der Waals surface area (Å²) in [6.07, 6.45) is 0.663. The molecule has 7 heteroatoms. The Morgan fingerprint density at radius 1 is 1.33 bits per heavy atom. The molecule has 0 fully saturated rings. The fourth-order valence-corrected chi connectivity index (χ4v) is 3.58. The number of sulfonamides is 1. The summed E-state index contributed by atoms with van der Waals surface area (Å²) in [7, 11) is -3.74. The average molecular weight is 345 g/mol. The molecule has 2 N–H and O–H groups in total. The van der Waals surface area contributed by atoms with Crippen LogP contribution in [-0.4, -0.2) is 14.5 Å². The predicted molar refractivity (Wildman–Crippen MR) is 88.3 cm³/mol. The van der Waals surface area contributed by atoms with Crippen LogP contribution in [-0.2, 0) is 23.0 Å². The number of nitriles is 1. The van der Waals surface area contributed by atoms with Crippen LogP contribution in [0, 0.1) is 17.1 Å². The van der Waals surface area contributed by atoms with Gasteiger partial charge in [0.15, 0.2) is 0 Å². The molecular weight excluding hydrogens is 329 g/mol. The zero-order chi connectivity index (χ0) is 17.5. The van der Waals surface area contributed by atoms with Crippen LogP contribution < -0.4 is 10.0 Å². The van der Waals surface area contributed by atoms with Gasteiger partial charge in [0, 0.05) is 23.8 Å². The van der Waals surface area contributed by atoms with E-state index in [4.69, 9.17) is 10.4 Å². The van der Waals surface area contributed by atoms with Crippen molar-refractivity contribution in [3.05, 3.63) is 58.9 Å². The second-order valence-electron chi connectivity index (χ2n) is 5.93. The van der Waals surface area contributed by atoms with Gasteiger partial charge < -0.3 is 4.90 Å². The Kier molecular flexibility index (Phi) is 4.03. The smallest absolute Gasteiger partial charge is 0.238 e. The van der Waals surface area contributed by atoms with Gasteiger partial charge in [-0.15, -0.1) is 0 Å². The van der Waals surface area contributed by atoms with Crippen LogP contribution in [0.25, 0.3) is 0 Å². The van der Waals surface area contributed by atoms with Gasteiger partial charge in [0.25, 0.3) is 0 Å². The Hall–Kier alpha value is -2.43. The average Bonchev–Trinajstić information content (AvgIpc) is 2.83.